The Morgan fingerprint density at radius 3 is 2.28 bits per heavy atom. The molecule has 0 saturated carbocycles. The second-order valence-electron chi connectivity index (χ2n) is 5.87. The minimum absolute atomic E-state index is 0.117. The lowest BCUT2D eigenvalue weighted by Crippen LogP contribution is -2.31. The lowest BCUT2D eigenvalue weighted by molar-refractivity contribution is 0.0858. The number of rotatable bonds is 5. The van der Waals surface area contributed by atoms with E-state index < -0.39 is 0 Å². The SMILES string of the molecule is O=C(Nc1ccccc1)Nc1ccc(C(=O)NC[C@H]2CCCO2)cc1. The van der Waals surface area contributed by atoms with Gasteiger partial charge < -0.3 is 20.7 Å². The minimum Gasteiger partial charge on any atom is -0.376 e. The number of hydrogen-bond donors (Lipinski definition) is 3. The zero-order valence-corrected chi connectivity index (χ0v) is 13.8. The molecule has 3 N–H and O–H groups in total. The number of carbonyl (C=O) groups excluding carboxylic acids is 2. The van der Waals surface area contributed by atoms with Crippen LogP contribution in [0.25, 0.3) is 0 Å². The maximum atomic E-state index is 12.1. The van der Waals surface area contributed by atoms with Crippen molar-refractivity contribution in [3.05, 3.63) is 60.2 Å². The van der Waals surface area contributed by atoms with Crippen molar-refractivity contribution in [2.75, 3.05) is 23.8 Å². The van der Waals surface area contributed by atoms with Gasteiger partial charge in [-0.05, 0) is 49.2 Å². The molecular weight excluding hydrogens is 318 g/mol. The molecule has 3 rings (SSSR count). The first-order valence-electron chi connectivity index (χ1n) is 8.33. The van der Waals surface area contributed by atoms with Crippen LogP contribution in [0.3, 0.4) is 0 Å². The van der Waals surface area contributed by atoms with Crippen molar-refractivity contribution in [1.82, 2.24) is 5.32 Å². The summed E-state index contributed by atoms with van der Waals surface area (Å²) in [4.78, 5) is 24.0. The van der Waals surface area contributed by atoms with Gasteiger partial charge in [-0.2, -0.15) is 0 Å². The highest BCUT2D eigenvalue weighted by atomic mass is 16.5. The van der Waals surface area contributed by atoms with Gasteiger partial charge in [-0.1, -0.05) is 18.2 Å². The van der Waals surface area contributed by atoms with Crippen molar-refractivity contribution in [2.24, 2.45) is 0 Å². The van der Waals surface area contributed by atoms with Gasteiger partial charge in [0.15, 0.2) is 0 Å². The first-order valence-corrected chi connectivity index (χ1v) is 8.33. The first kappa shape index (κ1) is 17.0. The Hall–Kier alpha value is -2.86. The van der Waals surface area contributed by atoms with Crippen LogP contribution in [0.4, 0.5) is 16.2 Å². The zero-order chi connectivity index (χ0) is 17.5. The van der Waals surface area contributed by atoms with Gasteiger partial charge in [0.1, 0.15) is 0 Å². The summed E-state index contributed by atoms with van der Waals surface area (Å²) in [6.07, 6.45) is 2.15. The molecule has 1 aliphatic rings. The maximum Gasteiger partial charge on any atom is 0.323 e. The Morgan fingerprint density at radius 2 is 1.64 bits per heavy atom. The van der Waals surface area contributed by atoms with Gasteiger partial charge in [-0.3, -0.25) is 4.79 Å². The van der Waals surface area contributed by atoms with Crippen LogP contribution in [0.2, 0.25) is 0 Å². The van der Waals surface area contributed by atoms with Gasteiger partial charge in [0.2, 0.25) is 0 Å². The molecule has 2 aromatic rings. The summed E-state index contributed by atoms with van der Waals surface area (Å²) in [5.74, 6) is -0.143. The number of anilines is 2. The van der Waals surface area contributed by atoms with E-state index >= 15 is 0 Å². The molecule has 0 aliphatic carbocycles. The van der Waals surface area contributed by atoms with Gasteiger partial charge >= 0.3 is 6.03 Å². The largest absolute Gasteiger partial charge is 0.376 e. The predicted octanol–water partition coefficient (Wildman–Crippen LogP) is 3.24. The molecule has 1 saturated heterocycles. The van der Waals surface area contributed by atoms with Crippen LogP contribution in [0, 0.1) is 0 Å². The summed E-state index contributed by atoms with van der Waals surface area (Å²) < 4.78 is 5.48. The third-order valence-electron chi connectivity index (χ3n) is 3.95. The van der Waals surface area contributed by atoms with Crippen LogP contribution in [-0.2, 0) is 4.74 Å². The number of carbonyl (C=O) groups is 2. The molecule has 2 aromatic carbocycles. The quantitative estimate of drug-likeness (QED) is 0.782. The summed E-state index contributed by atoms with van der Waals surface area (Å²) in [5, 5.41) is 8.34. The number of hydrogen-bond acceptors (Lipinski definition) is 3. The molecule has 0 spiro atoms. The number of nitrogens with one attached hydrogen (secondary N) is 3. The van der Waals surface area contributed by atoms with Crippen LogP contribution in [0.15, 0.2) is 54.6 Å². The molecule has 6 nitrogen and oxygen atoms in total. The summed E-state index contributed by atoms with van der Waals surface area (Å²) in [5.41, 5.74) is 1.88. The van der Waals surface area contributed by atoms with Gasteiger partial charge in [0.25, 0.3) is 5.91 Å². The zero-order valence-electron chi connectivity index (χ0n) is 13.8. The third kappa shape index (κ3) is 5.06. The van der Waals surface area contributed by atoms with E-state index in [2.05, 4.69) is 16.0 Å². The van der Waals surface area contributed by atoms with E-state index in [-0.39, 0.29) is 18.0 Å². The summed E-state index contributed by atoms with van der Waals surface area (Å²) in [6.45, 7) is 1.30. The molecule has 1 heterocycles. The van der Waals surface area contributed by atoms with E-state index in [4.69, 9.17) is 4.74 Å². The molecule has 25 heavy (non-hydrogen) atoms. The number of para-hydroxylation sites is 1. The standard InChI is InChI=1S/C19H21N3O3/c23-18(20-13-17-7-4-12-25-17)14-8-10-16(11-9-14)22-19(24)21-15-5-2-1-3-6-15/h1-3,5-6,8-11,17H,4,7,12-13H2,(H,20,23)(H2,21,22,24)/t17-/m1/s1. The number of benzene rings is 2. The fraction of sp³-hybridized carbons (Fsp3) is 0.263. The Balaban J connectivity index is 1.49. The molecule has 0 aromatic heterocycles. The smallest absolute Gasteiger partial charge is 0.323 e. The second-order valence-corrected chi connectivity index (χ2v) is 5.87. The molecule has 6 heteroatoms. The molecule has 0 unspecified atom stereocenters. The van der Waals surface area contributed by atoms with Crippen molar-refractivity contribution >= 4 is 23.3 Å². The van der Waals surface area contributed by atoms with E-state index in [9.17, 15) is 9.59 Å². The van der Waals surface area contributed by atoms with Gasteiger partial charge in [-0.15, -0.1) is 0 Å². The summed E-state index contributed by atoms with van der Waals surface area (Å²) >= 11 is 0. The van der Waals surface area contributed by atoms with Crippen LogP contribution in [0.5, 0.6) is 0 Å². The number of ether oxygens (including phenoxy) is 1. The fourth-order valence-corrected chi connectivity index (χ4v) is 2.63. The Bertz CT molecular complexity index is 710. The lowest BCUT2D eigenvalue weighted by atomic mass is 10.2. The van der Waals surface area contributed by atoms with Crippen molar-refractivity contribution in [2.45, 2.75) is 18.9 Å². The molecule has 0 bridgehead atoms. The Morgan fingerprint density at radius 1 is 0.960 bits per heavy atom. The van der Waals surface area contributed by atoms with E-state index in [0.29, 0.717) is 23.5 Å². The average Bonchev–Trinajstić information content (AvgIpc) is 3.14. The summed E-state index contributed by atoms with van der Waals surface area (Å²) in [7, 11) is 0. The minimum atomic E-state index is -0.332. The van der Waals surface area contributed by atoms with Gasteiger partial charge in [0, 0.05) is 30.1 Å². The van der Waals surface area contributed by atoms with E-state index in [0.717, 1.165) is 19.4 Å². The van der Waals surface area contributed by atoms with E-state index in [1.807, 2.05) is 18.2 Å². The first-order chi connectivity index (χ1) is 12.2. The summed E-state index contributed by atoms with van der Waals surface area (Å²) in [6, 6.07) is 15.6. The highest BCUT2D eigenvalue weighted by Gasteiger charge is 2.16. The van der Waals surface area contributed by atoms with Crippen LogP contribution >= 0.6 is 0 Å². The Kier molecular flexibility index (Phi) is 5.64. The maximum absolute atomic E-state index is 12.1. The van der Waals surface area contributed by atoms with Gasteiger partial charge in [-0.25, -0.2) is 4.79 Å². The van der Waals surface area contributed by atoms with Crippen molar-refractivity contribution in [1.29, 1.82) is 0 Å². The molecule has 1 fully saturated rings. The predicted molar refractivity (Wildman–Crippen MR) is 96.8 cm³/mol. The van der Waals surface area contributed by atoms with Crippen LogP contribution in [-0.4, -0.2) is 31.2 Å². The number of urea groups is 1. The molecule has 0 radical (unpaired) electrons. The molecule has 1 atom stereocenters. The monoisotopic (exact) mass is 339 g/mol. The fourth-order valence-electron chi connectivity index (χ4n) is 2.63. The molecular formula is C19H21N3O3. The van der Waals surface area contributed by atoms with Crippen molar-refractivity contribution in [3.8, 4) is 0 Å². The second kappa shape index (κ2) is 8.30. The molecule has 130 valence electrons. The van der Waals surface area contributed by atoms with Crippen LogP contribution < -0.4 is 16.0 Å². The topological polar surface area (TPSA) is 79.5 Å². The average molecular weight is 339 g/mol. The molecule has 1 aliphatic heterocycles. The van der Waals surface area contributed by atoms with Gasteiger partial charge in [0.05, 0.1) is 6.10 Å². The van der Waals surface area contributed by atoms with Crippen molar-refractivity contribution in [3.63, 3.8) is 0 Å². The van der Waals surface area contributed by atoms with Crippen LogP contribution in [0.1, 0.15) is 23.2 Å². The van der Waals surface area contributed by atoms with E-state index in [1.165, 1.54) is 0 Å². The number of amides is 3. The highest BCUT2D eigenvalue weighted by Crippen LogP contribution is 2.13. The third-order valence-corrected chi connectivity index (χ3v) is 3.95. The normalized spacial score (nSPS) is 16.2. The van der Waals surface area contributed by atoms with E-state index in [1.54, 1.807) is 36.4 Å². The van der Waals surface area contributed by atoms with Crippen molar-refractivity contribution < 1.29 is 14.3 Å². The highest BCUT2D eigenvalue weighted by molar-refractivity contribution is 6.00. The Labute approximate surface area is 146 Å². The molecule has 3 amide bonds. The lowest BCUT2D eigenvalue weighted by Gasteiger charge is -2.11.